The molecule has 0 aliphatic carbocycles. The number of nitrogen functional groups attached to an aromatic ring is 1. The van der Waals surface area contributed by atoms with E-state index in [1.807, 2.05) is 0 Å². The second-order valence-electron chi connectivity index (χ2n) is 6.38. The molecular formula is C22H28N2O10. The highest BCUT2D eigenvalue weighted by Crippen LogP contribution is 2.31. The third-order valence-electron chi connectivity index (χ3n) is 3.84. The molecule has 0 amide bonds. The number of benzene rings is 2. The number of non-ortho nitro benzene ring substituents is 1. The molecule has 0 heterocycles. The molecular weight excluding hydrogens is 452 g/mol. The molecule has 0 aromatic heterocycles. The molecule has 12 nitrogen and oxygen atoms in total. The maximum atomic E-state index is 10.6. The van der Waals surface area contributed by atoms with Gasteiger partial charge in [0, 0.05) is 31.7 Å². The van der Waals surface area contributed by atoms with Crippen LogP contribution in [0.15, 0.2) is 36.4 Å². The maximum absolute atomic E-state index is 10.6. The number of carbonyl (C=O) groups excluding carboxylic acids is 2. The number of ether oxygens (including phenoxy) is 6. The summed E-state index contributed by atoms with van der Waals surface area (Å²) in [6.45, 7) is 3.26. The number of nitrogens with zero attached hydrogens (tertiary/aromatic N) is 1. The van der Waals surface area contributed by atoms with Gasteiger partial charge in [-0.05, 0) is 18.2 Å². The van der Waals surface area contributed by atoms with Crippen molar-refractivity contribution < 1.29 is 42.9 Å². The van der Waals surface area contributed by atoms with Crippen molar-refractivity contribution in [2.45, 2.75) is 13.8 Å². The fourth-order valence-electron chi connectivity index (χ4n) is 2.37. The summed E-state index contributed by atoms with van der Waals surface area (Å²) in [5, 5.41) is 10.6. The lowest BCUT2D eigenvalue weighted by atomic mass is 10.3. The van der Waals surface area contributed by atoms with Gasteiger partial charge in [0.05, 0.1) is 25.2 Å². The first kappa shape index (κ1) is 27.8. The van der Waals surface area contributed by atoms with Gasteiger partial charge in [0.2, 0.25) is 0 Å². The Kier molecular flexibility index (Phi) is 12.1. The fraction of sp³-hybridized carbons (Fsp3) is 0.364. The van der Waals surface area contributed by atoms with Crippen molar-refractivity contribution >= 4 is 23.3 Å². The SMILES string of the molecule is COc1ccc(N)cc1OCCOC(C)=O.COc1ccc([N+](=O)[O-])cc1OCCOC(C)=O. The van der Waals surface area contributed by atoms with Gasteiger partial charge in [-0.1, -0.05) is 0 Å². The van der Waals surface area contributed by atoms with Gasteiger partial charge in [0.15, 0.2) is 23.0 Å². The number of hydrogen-bond donors (Lipinski definition) is 1. The molecule has 2 aromatic rings. The zero-order valence-electron chi connectivity index (χ0n) is 19.4. The first-order valence-electron chi connectivity index (χ1n) is 9.96. The normalized spacial score (nSPS) is 9.65. The fourth-order valence-corrected chi connectivity index (χ4v) is 2.37. The molecule has 0 aliphatic heterocycles. The van der Waals surface area contributed by atoms with Crippen molar-refractivity contribution in [3.8, 4) is 23.0 Å². The van der Waals surface area contributed by atoms with Crippen LogP contribution in [-0.4, -0.2) is 57.5 Å². The molecule has 186 valence electrons. The molecule has 0 saturated heterocycles. The molecule has 2 N–H and O–H groups in total. The van der Waals surface area contributed by atoms with E-state index < -0.39 is 10.9 Å². The number of nitro groups is 1. The van der Waals surface area contributed by atoms with E-state index in [1.54, 1.807) is 25.3 Å². The quantitative estimate of drug-likeness (QED) is 0.166. The Balaban J connectivity index is 0.000000342. The van der Waals surface area contributed by atoms with Crippen molar-refractivity contribution in [3.05, 3.63) is 46.5 Å². The number of methoxy groups -OCH3 is 2. The lowest BCUT2D eigenvalue weighted by Gasteiger charge is -2.10. The molecule has 0 radical (unpaired) electrons. The summed E-state index contributed by atoms with van der Waals surface area (Å²) in [5.74, 6) is 1.00. The lowest BCUT2D eigenvalue weighted by Crippen LogP contribution is -2.10. The van der Waals surface area contributed by atoms with Gasteiger partial charge in [-0.3, -0.25) is 19.7 Å². The Morgan fingerprint density at radius 1 is 0.794 bits per heavy atom. The average molecular weight is 480 g/mol. The van der Waals surface area contributed by atoms with Crippen molar-refractivity contribution in [3.63, 3.8) is 0 Å². The van der Waals surface area contributed by atoms with Crippen LogP contribution in [-0.2, 0) is 19.1 Å². The van der Waals surface area contributed by atoms with Crippen LogP contribution in [0.1, 0.15) is 13.8 Å². The third-order valence-corrected chi connectivity index (χ3v) is 3.84. The highest BCUT2D eigenvalue weighted by Gasteiger charge is 2.12. The van der Waals surface area contributed by atoms with E-state index in [1.165, 1.54) is 39.2 Å². The minimum Gasteiger partial charge on any atom is -0.493 e. The van der Waals surface area contributed by atoms with Crippen molar-refractivity contribution in [2.75, 3.05) is 46.4 Å². The topological polar surface area (TPSA) is 159 Å². The van der Waals surface area contributed by atoms with E-state index in [0.29, 0.717) is 22.9 Å². The van der Waals surface area contributed by atoms with Crippen LogP contribution in [0.4, 0.5) is 11.4 Å². The van der Waals surface area contributed by atoms with Gasteiger partial charge < -0.3 is 34.2 Å². The predicted molar refractivity (Wildman–Crippen MR) is 121 cm³/mol. The summed E-state index contributed by atoms with van der Waals surface area (Å²) in [5.41, 5.74) is 6.10. The Bertz CT molecular complexity index is 965. The van der Waals surface area contributed by atoms with Crippen molar-refractivity contribution in [2.24, 2.45) is 0 Å². The smallest absolute Gasteiger partial charge is 0.302 e. The molecule has 0 fully saturated rings. The van der Waals surface area contributed by atoms with Crippen LogP contribution in [0.25, 0.3) is 0 Å². The van der Waals surface area contributed by atoms with Crippen LogP contribution < -0.4 is 24.7 Å². The van der Waals surface area contributed by atoms with E-state index in [-0.39, 0.29) is 43.8 Å². The van der Waals surface area contributed by atoms with Crippen LogP contribution in [0.2, 0.25) is 0 Å². The standard InChI is InChI=1S/C11H13NO6.C11H15NO4/c1-8(13)17-5-6-18-11-7-9(12(14)15)3-4-10(11)16-2;1-8(13)15-5-6-16-11-7-9(12)3-4-10(11)14-2/h3-4,7H,5-6H2,1-2H3;3-4,7H,5-6,12H2,1-2H3. The summed E-state index contributed by atoms with van der Waals surface area (Å²) in [6.07, 6.45) is 0. The van der Waals surface area contributed by atoms with Crippen LogP contribution in [0.3, 0.4) is 0 Å². The van der Waals surface area contributed by atoms with Gasteiger partial charge in [0.1, 0.15) is 26.4 Å². The second-order valence-corrected chi connectivity index (χ2v) is 6.38. The minimum atomic E-state index is -0.529. The molecule has 2 rings (SSSR count). The number of nitro benzene ring substituents is 1. The van der Waals surface area contributed by atoms with Gasteiger partial charge >= 0.3 is 11.9 Å². The number of hydrogen-bond acceptors (Lipinski definition) is 11. The number of anilines is 1. The highest BCUT2D eigenvalue weighted by atomic mass is 16.6. The van der Waals surface area contributed by atoms with Crippen LogP contribution in [0, 0.1) is 10.1 Å². The van der Waals surface area contributed by atoms with E-state index >= 15 is 0 Å². The summed E-state index contributed by atoms with van der Waals surface area (Å²) in [4.78, 5) is 31.1. The zero-order chi connectivity index (χ0) is 25.5. The van der Waals surface area contributed by atoms with E-state index in [4.69, 9.17) is 29.4 Å². The van der Waals surface area contributed by atoms with Gasteiger partial charge in [-0.2, -0.15) is 0 Å². The Morgan fingerprint density at radius 2 is 1.26 bits per heavy atom. The summed E-state index contributed by atoms with van der Waals surface area (Å²) in [6, 6.07) is 9.12. The van der Waals surface area contributed by atoms with Gasteiger partial charge in [-0.25, -0.2) is 0 Å². The average Bonchev–Trinajstić information content (AvgIpc) is 2.79. The van der Waals surface area contributed by atoms with E-state index in [9.17, 15) is 19.7 Å². The number of esters is 2. The molecule has 34 heavy (non-hydrogen) atoms. The monoisotopic (exact) mass is 480 g/mol. The number of rotatable bonds is 11. The second kappa shape index (κ2) is 14.8. The summed E-state index contributed by atoms with van der Waals surface area (Å²) >= 11 is 0. The Morgan fingerprint density at radius 3 is 1.71 bits per heavy atom. The Labute approximate surface area is 196 Å². The molecule has 12 heteroatoms. The number of nitrogens with two attached hydrogens (primary N) is 1. The third kappa shape index (κ3) is 10.4. The molecule has 0 aliphatic rings. The van der Waals surface area contributed by atoms with E-state index in [0.717, 1.165) is 0 Å². The molecule has 0 saturated carbocycles. The number of carbonyl (C=O) groups is 2. The van der Waals surface area contributed by atoms with Crippen molar-refractivity contribution in [1.82, 2.24) is 0 Å². The van der Waals surface area contributed by atoms with Gasteiger partial charge in [-0.15, -0.1) is 0 Å². The first-order chi connectivity index (χ1) is 16.2. The highest BCUT2D eigenvalue weighted by molar-refractivity contribution is 5.66. The largest absolute Gasteiger partial charge is 0.493 e. The maximum Gasteiger partial charge on any atom is 0.302 e. The zero-order valence-corrected chi connectivity index (χ0v) is 19.4. The minimum absolute atomic E-state index is 0.0706. The molecule has 0 unspecified atom stereocenters. The lowest BCUT2D eigenvalue weighted by molar-refractivity contribution is -0.385. The predicted octanol–water partition coefficient (Wildman–Crippen LogP) is 2.76. The molecule has 0 bridgehead atoms. The summed E-state index contributed by atoms with van der Waals surface area (Å²) < 4.78 is 30.1. The molecule has 0 atom stereocenters. The van der Waals surface area contributed by atoms with Gasteiger partial charge in [0.25, 0.3) is 5.69 Å². The molecule has 0 spiro atoms. The summed E-state index contributed by atoms with van der Waals surface area (Å²) in [7, 11) is 2.98. The van der Waals surface area contributed by atoms with Crippen LogP contribution in [0.5, 0.6) is 23.0 Å². The van der Waals surface area contributed by atoms with E-state index in [2.05, 4.69) is 4.74 Å². The van der Waals surface area contributed by atoms with Crippen LogP contribution >= 0.6 is 0 Å². The van der Waals surface area contributed by atoms with Crippen molar-refractivity contribution in [1.29, 1.82) is 0 Å². The Hall–Kier alpha value is -4.22. The molecule has 2 aromatic carbocycles. The first-order valence-corrected chi connectivity index (χ1v) is 9.96.